The first-order chi connectivity index (χ1) is 17.7. The number of ether oxygens (including phenoxy) is 2. The Balaban J connectivity index is 0.000000211. The van der Waals surface area contributed by atoms with E-state index in [4.69, 9.17) is 20.9 Å². The fraction of sp³-hybridized carbons (Fsp3) is 0.652. The third-order valence-corrected chi connectivity index (χ3v) is 6.78. The number of aliphatic hydroxyl groups excluding tert-OH is 1. The average molecular weight is 545 g/mol. The highest BCUT2D eigenvalue weighted by atomic mass is 19.1. The van der Waals surface area contributed by atoms with Crippen LogP contribution in [0, 0.1) is 0 Å². The van der Waals surface area contributed by atoms with Crippen molar-refractivity contribution in [1.82, 2.24) is 19.1 Å². The van der Waals surface area contributed by atoms with Gasteiger partial charge in [0.05, 0.1) is 6.61 Å². The topological polar surface area (TPSA) is 201 Å². The van der Waals surface area contributed by atoms with Crippen molar-refractivity contribution >= 4 is 11.6 Å². The molecule has 2 aliphatic rings. The quantitative estimate of drug-likeness (QED) is 0.323. The van der Waals surface area contributed by atoms with Crippen LogP contribution in [0.15, 0.2) is 34.1 Å². The van der Waals surface area contributed by atoms with E-state index in [1.807, 2.05) is 0 Å². The van der Waals surface area contributed by atoms with Crippen LogP contribution < -0.4 is 22.8 Å². The number of aliphatic hydroxyl groups is 3. The zero-order valence-electron chi connectivity index (χ0n) is 21.4. The molecule has 2 fully saturated rings. The van der Waals surface area contributed by atoms with E-state index in [0.717, 1.165) is 9.13 Å². The Morgan fingerprint density at radius 1 is 0.921 bits per heavy atom. The second-order valence-corrected chi connectivity index (χ2v) is 10.2. The number of anilines is 2. The molecule has 0 amide bonds. The van der Waals surface area contributed by atoms with Gasteiger partial charge in [-0.25, -0.2) is 18.4 Å². The van der Waals surface area contributed by atoms with Crippen LogP contribution in [-0.4, -0.2) is 76.8 Å². The first-order valence-corrected chi connectivity index (χ1v) is 11.9. The van der Waals surface area contributed by atoms with Gasteiger partial charge >= 0.3 is 11.4 Å². The second kappa shape index (κ2) is 10.6. The minimum atomic E-state index is -1.50. The van der Waals surface area contributed by atoms with Gasteiger partial charge in [0.1, 0.15) is 47.4 Å². The Morgan fingerprint density at radius 2 is 1.32 bits per heavy atom. The third kappa shape index (κ3) is 5.71. The van der Waals surface area contributed by atoms with Crippen LogP contribution in [0.5, 0.6) is 0 Å². The first kappa shape index (κ1) is 29.6. The number of nitrogen functional groups attached to an aromatic ring is 2. The normalized spacial score (nSPS) is 34.6. The SMILES string of the molecule is CC[C@]1(CF)C[C@@](C)(O)[C@H](n2ccc(N)nc2=O)O1.C[C@@]1(O)C[C@](CO)(CF)O[C@H]1n1ccc(N)nc1=O. The van der Waals surface area contributed by atoms with Gasteiger partial charge in [0.2, 0.25) is 0 Å². The molecule has 0 radical (unpaired) electrons. The average Bonchev–Trinajstić information content (AvgIpc) is 3.29. The molecular formula is C23H34F2N6O7. The third-order valence-electron chi connectivity index (χ3n) is 6.78. The number of halogens is 2. The molecule has 0 saturated carbocycles. The molecule has 15 heteroatoms. The molecule has 38 heavy (non-hydrogen) atoms. The van der Waals surface area contributed by atoms with Gasteiger partial charge in [-0.15, -0.1) is 0 Å². The summed E-state index contributed by atoms with van der Waals surface area (Å²) >= 11 is 0. The maximum absolute atomic E-state index is 13.2. The number of nitrogens with two attached hydrogens (primary N) is 2. The Hall–Kier alpha value is -2.98. The van der Waals surface area contributed by atoms with Gasteiger partial charge in [0, 0.05) is 25.2 Å². The first-order valence-electron chi connectivity index (χ1n) is 11.9. The molecule has 0 bridgehead atoms. The molecule has 13 nitrogen and oxygen atoms in total. The number of rotatable bonds is 6. The lowest BCUT2D eigenvalue weighted by atomic mass is 9.90. The molecular weight excluding hydrogens is 510 g/mol. The number of hydrogen-bond acceptors (Lipinski definition) is 11. The molecule has 2 aromatic heterocycles. The molecule has 4 rings (SSSR count). The van der Waals surface area contributed by atoms with Crippen LogP contribution in [0.1, 0.15) is 52.5 Å². The fourth-order valence-corrected chi connectivity index (χ4v) is 4.81. The lowest BCUT2D eigenvalue weighted by molar-refractivity contribution is -0.133. The summed E-state index contributed by atoms with van der Waals surface area (Å²) in [6, 6.07) is 2.80. The summed E-state index contributed by atoms with van der Waals surface area (Å²) in [5.41, 5.74) is 4.03. The van der Waals surface area contributed by atoms with E-state index in [2.05, 4.69) is 9.97 Å². The molecule has 4 heterocycles. The van der Waals surface area contributed by atoms with E-state index >= 15 is 0 Å². The van der Waals surface area contributed by atoms with Crippen molar-refractivity contribution in [2.24, 2.45) is 0 Å². The van der Waals surface area contributed by atoms with Crippen LogP contribution in [0.25, 0.3) is 0 Å². The minimum absolute atomic E-state index is 0.0396. The van der Waals surface area contributed by atoms with E-state index in [9.17, 15) is 33.7 Å². The summed E-state index contributed by atoms with van der Waals surface area (Å²) in [6.45, 7) is 2.44. The molecule has 0 spiro atoms. The highest BCUT2D eigenvalue weighted by Gasteiger charge is 2.54. The highest BCUT2D eigenvalue weighted by Crippen LogP contribution is 2.45. The van der Waals surface area contributed by atoms with E-state index < -0.39 is 66.2 Å². The van der Waals surface area contributed by atoms with Crippen LogP contribution >= 0.6 is 0 Å². The molecule has 0 aromatic carbocycles. The Kier molecular flexibility index (Phi) is 8.29. The molecule has 0 aliphatic carbocycles. The van der Waals surface area contributed by atoms with Crippen molar-refractivity contribution in [2.45, 2.75) is 74.9 Å². The summed E-state index contributed by atoms with van der Waals surface area (Å²) in [5.74, 6) is 0.129. The zero-order chi connectivity index (χ0) is 28.5. The van der Waals surface area contributed by atoms with Gasteiger partial charge in [-0.3, -0.25) is 9.13 Å². The standard InChI is InChI=1S/C12H18FN3O3.C11H16FN3O4/c1-3-12(7-13)6-11(2,18)9(19-12)16-5-4-8(14)15-10(16)17;1-10(18)4-11(5-12,6-16)19-8(10)15-3-2-7(13)14-9(15)17/h4-5,9,18H,3,6-7H2,1-2H3,(H2,14,15,17);2-3,8,16,18H,4-6H2,1H3,(H2,13,14,17)/t9-,11-,12-;8-,10-,11-/m11/s1. The van der Waals surface area contributed by atoms with Crippen LogP contribution in [0.3, 0.4) is 0 Å². The van der Waals surface area contributed by atoms with Crippen molar-refractivity contribution in [3.63, 3.8) is 0 Å². The summed E-state index contributed by atoms with van der Waals surface area (Å²) in [7, 11) is 0. The Bertz CT molecular complexity index is 1150. The maximum Gasteiger partial charge on any atom is 0.351 e. The van der Waals surface area contributed by atoms with Gasteiger partial charge in [-0.05, 0) is 32.4 Å². The predicted octanol–water partition coefficient (Wildman–Crippen LogP) is -0.190. The van der Waals surface area contributed by atoms with Crippen molar-refractivity contribution in [1.29, 1.82) is 0 Å². The van der Waals surface area contributed by atoms with Gasteiger partial charge in [0.25, 0.3) is 0 Å². The second-order valence-electron chi connectivity index (χ2n) is 10.2. The van der Waals surface area contributed by atoms with E-state index in [0.29, 0.717) is 6.42 Å². The molecule has 6 atom stereocenters. The van der Waals surface area contributed by atoms with Crippen molar-refractivity contribution in [2.75, 3.05) is 31.4 Å². The maximum atomic E-state index is 13.2. The van der Waals surface area contributed by atoms with Gasteiger partial charge in [-0.1, -0.05) is 6.92 Å². The van der Waals surface area contributed by atoms with E-state index in [-0.39, 0.29) is 24.5 Å². The van der Waals surface area contributed by atoms with E-state index in [1.54, 1.807) is 6.92 Å². The van der Waals surface area contributed by atoms with Gasteiger partial charge in [-0.2, -0.15) is 9.97 Å². The van der Waals surface area contributed by atoms with Crippen molar-refractivity contribution < 1.29 is 33.6 Å². The molecule has 212 valence electrons. The number of hydrogen-bond donors (Lipinski definition) is 5. The summed E-state index contributed by atoms with van der Waals surface area (Å²) in [4.78, 5) is 30.6. The summed E-state index contributed by atoms with van der Waals surface area (Å²) < 4.78 is 39.4. The Labute approximate surface area is 216 Å². The van der Waals surface area contributed by atoms with Crippen LogP contribution in [0.4, 0.5) is 20.4 Å². The smallest absolute Gasteiger partial charge is 0.351 e. The lowest BCUT2D eigenvalue weighted by Gasteiger charge is -2.25. The van der Waals surface area contributed by atoms with Crippen molar-refractivity contribution in [3.8, 4) is 0 Å². The summed E-state index contributed by atoms with van der Waals surface area (Å²) in [6.07, 6.45) is 1.01. The molecule has 7 N–H and O–H groups in total. The number of aromatic nitrogens is 4. The monoisotopic (exact) mass is 544 g/mol. The number of nitrogens with zero attached hydrogens (tertiary/aromatic N) is 4. The Morgan fingerprint density at radius 3 is 1.61 bits per heavy atom. The van der Waals surface area contributed by atoms with Crippen LogP contribution in [-0.2, 0) is 9.47 Å². The van der Waals surface area contributed by atoms with Crippen molar-refractivity contribution in [3.05, 3.63) is 45.5 Å². The summed E-state index contributed by atoms with van der Waals surface area (Å²) in [5, 5.41) is 29.9. The molecule has 2 aliphatic heterocycles. The number of alkyl halides is 2. The molecule has 2 aromatic rings. The molecule has 2 saturated heterocycles. The largest absolute Gasteiger partial charge is 0.393 e. The molecule has 0 unspecified atom stereocenters. The predicted molar refractivity (Wildman–Crippen MR) is 131 cm³/mol. The van der Waals surface area contributed by atoms with E-state index in [1.165, 1.54) is 38.4 Å². The highest BCUT2D eigenvalue weighted by molar-refractivity contribution is 5.24. The fourth-order valence-electron chi connectivity index (χ4n) is 4.81. The minimum Gasteiger partial charge on any atom is -0.393 e. The lowest BCUT2D eigenvalue weighted by Crippen LogP contribution is -2.38. The van der Waals surface area contributed by atoms with Gasteiger partial charge in [0.15, 0.2) is 12.5 Å². The zero-order valence-corrected chi connectivity index (χ0v) is 21.4. The van der Waals surface area contributed by atoms with Gasteiger partial charge < -0.3 is 36.3 Å². The van der Waals surface area contributed by atoms with Crippen LogP contribution in [0.2, 0.25) is 0 Å².